The number of amides is 2. The molecule has 0 bridgehead atoms. The summed E-state index contributed by atoms with van der Waals surface area (Å²) in [7, 11) is 0. The van der Waals surface area contributed by atoms with Crippen molar-refractivity contribution in [3.05, 3.63) is 108 Å². The average molecular weight is 604 g/mol. The molecule has 9 nitrogen and oxygen atoms in total. The van der Waals surface area contributed by atoms with Crippen molar-refractivity contribution in [2.45, 2.75) is 64.8 Å². The number of alkyl carbamates (subject to hydrolysis) is 1. The van der Waals surface area contributed by atoms with E-state index in [9.17, 15) is 24.6 Å². The highest BCUT2D eigenvalue weighted by molar-refractivity contribution is 5.89. The number of hydrogen-bond acceptors (Lipinski definition) is 7. The standard InChI is InChI=1S/C35H45N3O6/c1-24(2)31(22-39)38(36)34(42)29(19-26-13-7-4-8-14-26)21-32(40)30(20-27-15-9-5-10-16-27)33(41)25(3)37-35(43)44-23-28-17-11-6-12-18-28/h4-18,24-25,29-32,39-40H,19-23,36H2,1-3H3,(H,37,43)/t25-,29?,30-,31-,32-/m0/s1. The van der Waals surface area contributed by atoms with Gasteiger partial charge in [0.25, 0.3) is 0 Å². The van der Waals surface area contributed by atoms with Gasteiger partial charge in [-0.2, -0.15) is 0 Å². The zero-order valence-corrected chi connectivity index (χ0v) is 25.7. The first-order valence-electron chi connectivity index (χ1n) is 15.1. The molecule has 0 heterocycles. The number of nitrogens with two attached hydrogens (primary N) is 1. The first kappa shape index (κ1) is 34.4. The number of aliphatic hydroxyl groups is 2. The van der Waals surface area contributed by atoms with E-state index in [1.54, 1.807) is 6.92 Å². The van der Waals surface area contributed by atoms with Crippen LogP contribution < -0.4 is 11.2 Å². The van der Waals surface area contributed by atoms with Crippen LogP contribution in [0.1, 0.15) is 43.9 Å². The number of ether oxygens (including phenoxy) is 1. The molecule has 3 rings (SSSR count). The van der Waals surface area contributed by atoms with Gasteiger partial charge < -0.3 is 20.3 Å². The third kappa shape index (κ3) is 10.3. The van der Waals surface area contributed by atoms with E-state index >= 15 is 0 Å². The third-order valence-corrected chi connectivity index (χ3v) is 7.87. The summed E-state index contributed by atoms with van der Waals surface area (Å²) in [5.41, 5.74) is 2.51. The maximum Gasteiger partial charge on any atom is 0.408 e. The maximum atomic E-state index is 13.8. The second-order valence-electron chi connectivity index (χ2n) is 11.6. The number of rotatable bonds is 16. The molecule has 0 aromatic heterocycles. The smallest absolute Gasteiger partial charge is 0.408 e. The van der Waals surface area contributed by atoms with Crippen LogP contribution >= 0.6 is 0 Å². The molecule has 5 atom stereocenters. The molecule has 0 spiro atoms. The fourth-order valence-corrected chi connectivity index (χ4v) is 5.25. The molecule has 3 aromatic carbocycles. The Bertz CT molecular complexity index is 1310. The summed E-state index contributed by atoms with van der Waals surface area (Å²) >= 11 is 0. The maximum absolute atomic E-state index is 13.8. The molecule has 0 aliphatic heterocycles. The topological polar surface area (TPSA) is 142 Å². The van der Waals surface area contributed by atoms with Crippen molar-refractivity contribution >= 4 is 17.8 Å². The molecule has 9 heteroatoms. The fourth-order valence-electron chi connectivity index (χ4n) is 5.25. The normalized spacial score (nSPS) is 14.6. The molecule has 44 heavy (non-hydrogen) atoms. The summed E-state index contributed by atoms with van der Waals surface area (Å²) in [6.45, 7) is 5.03. The Kier molecular flexibility index (Phi) is 13.5. The minimum absolute atomic E-state index is 0.0493. The van der Waals surface area contributed by atoms with Crippen LogP contribution in [-0.2, 0) is 33.8 Å². The van der Waals surface area contributed by atoms with Crippen molar-refractivity contribution < 1.29 is 29.3 Å². The SMILES string of the molecule is CC(C)[C@H](CO)N(N)C(=O)C(Cc1ccccc1)C[C@H](O)[C@H](Cc1ccccc1)C(=O)[C@H](C)NC(=O)OCc1ccccc1. The van der Waals surface area contributed by atoms with Crippen LogP contribution in [-0.4, -0.2) is 57.8 Å². The lowest BCUT2D eigenvalue weighted by Crippen LogP contribution is -2.53. The van der Waals surface area contributed by atoms with Gasteiger partial charge in [0.2, 0.25) is 5.91 Å². The Hall–Kier alpha value is -4.05. The first-order valence-corrected chi connectivity index (χ1v) is 15.1. The Morgan fingerprint density at radius 2 is 1.32 bits per heavy atom. The number of hydrazine groups is 1. The molecule has 3 aromatic rings. The fraction of sp³-hybridized carbons (Fsp3) is 0.400. The van der Waals surface area contributed by atoms with Gasteiger partial charge in [-0.3, -0.25) is 14.6 Å². The highest BCUT2D eigenvalue weighted by atomic mass is 16.5. The van der Waals surface area contributed by atoms with E-state index in [1.165, 1.54) is 0 Å². The van der Waals surface area contributed by atoms with Crippen molar-refractivity contribution in [1.82, 2.24) is 10.3 Å². The molecule has 2 amide bonds. The van der Waals surface area contributed by atoms with E-state index in [2.05, 4.69) is 5.32 Å². The van der Waals surface area contributed by atoms with E-state index in [1.807, 2.05) is 105 Å². The van der Waals surface area contributed by atoms with Crippen molar-refractivity contribution in [3.63, 3.8) is 0 Å². The molecular formula is C35H45N3O6. The number of aliphatic hydroxyl groups excluding tert-OH is 2. The molecule has 0 aliphatic carbocycles. The lowest BCUT2D eigenvalue weighted by Gasteiger charge is -2.33. The van der Waals surface area contributed by atoms with Crippen LogP contribution in [0.25, 0.3) is 0 Å². The predicted octanol–water partition coefficient (Wildman–Crippen LogP) is 4.06. The van der Waals surface area contributed by atoms with E-state index in [0.29, 0.717) is 0 Å². The van der Waals surface area contributed by atoms with Gasteiger partial charge in [0.15, 0.2) is 5.78 Å². The van der Waals surface area contributed by atoms with Gasteiger partial charge in [-0.15, -0.1) is 0 Å². The number of nitrogens with one attached hydrogen (secondary N) is 1. The number of carbonyl (C=O) groups is 3. The number of ketones is 1. The number of hydrogen-bond donors (Lipinski definition) is 4. The van der Waals surface area contributed by atoms with Gasteiger partial charge in [0.05, 0.1) is 24.8 Å². The third-order valence-electron chi connectivity index (χ3n) is 7.87. The number of carbonyl (C=O) groups excluding carboxylic acids is 3. The Balaban J connectivity index is 1.81. The van der Waals surface area contributed by atoms with Gasteiger partial charge in [0.1, 0.15) is 6.61 Å². The van der Waals surface area contributed by atoms with Gasteiger partial charge in [-0.05, 0) is 48.8 Å². The molecule has 5 N–H and O–H groups in total. The second-order valence-corrected chi connectivity index (χ2v) is 11.6. The van der Waals surface area contributed by atoms with Gasteiger partial charge in [-0.1, -0.05) is 105 Å². The molecule has 0 radical (unpaired) electrons. The van der Waals surface area contributed by atoms with Gasteiger partial charge in [-0.25, -0.2) is 10.6 Å². The van der Waals surface area contributed by atoms with Crippen molar-refractivity contribution in [1.29, 1.82) is 0 Å². The first-order chi connectivity index (χ1) is 21.1. The average Bonchev–Trinajstić information content (AvgIpc) is 3.03. The summed E-state index contributed by atoms with van der Waals surface area (Å²) in [6, 6.07) is 26.3. The molecule has 0 saturated heterocycles. The van der Waals surface area contributed by atoms with Crippen LogP contribution in [0.5, 0.6) is 0 Å². The Labute approximate surface area is 260 Å². The van der Waals surface area contributed by atoms with Crippen LogP contribution in [0.3, 0.4) is 0 Å². The molecular weight excluding hydrogens is 558 g/mol. The van der Waals surface area contributed by atoms with Crippen LogP contribution in [0, 0.1) is 17.8 Å². The van der Waals surface area contributed by atoms with E-state index < -0.39 is 42.0 Å². The van der Waals surface area contributed by atoms with Crippen LogP contribution in [0.15, 0.2) is 91.0 Å². The second kappa shape index (κ2) is 17.3. The Morgan fingerprint density at radius 3 is 1.82 bits per heavy atom. The van der Waals surface area contributed by atoms with Gasteiger partial charge in [0, 0.05) is 11.8 Å². The largest absolute Gasteiger partial charge is 0.445 e. The molecule has 0 saturated carbocycles. The predicted molar refractivity (Wildman–Crippen MR) is 169 cm³/mol. The highest BCUT2D eigenvalue weighted by Crippen LogP contribution is 2.25. The van der Waals surface area contributed by atoms with Crippen molar-refractivity contribution in [3.8, 4) is 0 Å². The zero-order valence-electron chi connectivity index (χ0n) is 25.7. The van der Waals surface area contributed by atoms with Crippen LogP contribution in [0.4, 0.5) is 4.79 Å². The Morgan fingerprint density at radius 1 is 0.818 bits per heavy atom. The van der Waals surface area contributed by atoms with Crippen molar-refractivity contribution in [2.75, 3.05) is 6.61 Å². The van der Waals surface area contributed by atoms with E-state index in [-0.39, 0.29) is 44.2 Å². The van der Waals surface area contributed by atoms with Crippen LogP contribution in [0.2, 0.25) is 0 Å². The summed E-state index contributed by atoms with van der Waals surface area (Å²) in [5.74, 6) is 3.64. The van der Waals surface area contributed by atoms with Crippen molar-refractivity contribution in [2.24, 2.45) is 23.6 Å². The summed E-state index contributed by atoms with van der Waals surface area (Å²) in [6.07, 6.45) is -1.54. The lowest BCUT2D eigenvalue weighted by molar-refractivity contribution is -0.143. The molecule has 236 valence electrons. The number of Topliss-reactive ketones (excluding diaryl/α,β-unsaturated/α-hetero) is 1. The zero-order chi connectivity index (χ0) is 32.1. The molecule has 1 unspecified atom stereocenters. The lowest BCUT2D eigenvalue weighted by atomic mass is 9.81. The minimum atomic E-state index is -1.23. The quantitative estimate of drug-likeness (QED) is 0.110. The monoisotopic (exact) mass is 603 g/mol. The van der Waals surface area contributed by atoms with E-state index in [0.717, 1.165) is 21.7 Å². The minimum Gasteiger partial charge on any atom is -0.445 e. The number of nitrogens with zero attached hydrogens (tertiary/aromatic N) is 1. The van der Waals surface area contributed by atoms with E-state index in [4.69, 9.17) is 10.6 Å². The summed E-state index contributed by atoms with van der Waals surface area (Å²) in [4.78, 5) is 40.1. The molecule has 0 aliphatic rings. The summed E-state index contributed by atoms with van der Waals surface area (Å²) < 4.78 is 5.30. The summed E-state index contributed by atoms with van der Waals surface area (Å²) in [5, 5.41) is 25.2. The number of benzene rings is 3. The highest BCUT2D eigenvalue weighted by Gasteiger charge is 2.36. The molecule has 0 fully saturated rings. The van der Waals surface area contributed by atoms with Gasteiger partial charge >= 0.3 is 6.09 Å².